The van der Waals surface area contributed by atoms with Crippen molar-refractivity contribution in [1.82, 2.24) is 20.1 Å². The summed E-state index contributed by atoms with van der Waals surface area (Å²) in [4.78, 5) is 0. The Bertz CT molecular complexity index is 473. The van der Waals surface area contributed by atoms with Crippen molar-refractivity contribution in [2.24, 2.45) is 11.8 Å². The van der Waals surface area contributed by atoms with Crippen molar-refractivity contribution in [3.8, 4) is 0 Å². The third-order valence-electron chi connectivity index (χ3n) is 4.84. The van der Waals surface area contributed by atoms with Gasteiger partial charge in [0.2, 0.25) is 0 Å². The molecular formula is C16H26N4. The van der Waals surface area contributed by atoms with E-state index >= 15 is 0 Å². The van der Waals surface area contributed by atoms with E-state index in [1.807, 2.05) is 6.33 Å². The number of aromatic nitrogens is 3. The smallest absolute Gasteiger partial charge is 0.135 e. The van der Waals surface area contributed by atoms with E-state index in [9.17, 15) is 0 Å². The maximum Gasteiger partial charge on any atom is 0.135 e. The molecule has 3 rings (SSSR count). The lowest BCUT2D eigenvalue weighted by molar-refractivity contribution is 0.348. The lowest BCUT2D eigenvalue weighted by atomic mass is 9.80. The van der Waals surface area contributed by atoms with Crippen LogP contribution >= 0.6 is 0 Å². The van der Waals surface area contributed by atoms with E-state index in [0.29, 0.717) is 11.8 Å². The van der Waals surface area contributed by atoms with Gasteiger partial charge in [0, 0.05) is 25.6 Å². The minimum absolute atomic E-state index is 0.682. The maximum atomic E-state index is 4.25. The number of hydrogen-bond donors (Lipinski definition) is 1. The Morgan fingerprint density at radius 1 is 1.35 bits per heavy atom. The molecule has 2 aliphatic rings. The molecule has 0 saturated heterocycles. The van der Waals surface area contributed by atoms with Gasteiger partial charge in [-0.15, -0.1) is 10.2 Å². The topological polar surface area (TPSA) is 42.7 Å². The zero-order chi connectivity index (χ0) is 13.9. The lowest BCUT2D eigenvalue weighted by Crippen LogP contribution is -2.31. The zero-order valence-corrected chi connectivity index (χ0v) is 12.7. The minimum Gasteiger partial charge on any atom is -0.316 e. The molecule has 110 valence electrons. The maximum absolute atomic E-state index is 4.25. The third-order valence-corrected chi connectivity index (χ3v) is 4.84. The van der Waals surface area contributed by atoms with E-state index in [-0.39, 0.29) is 0 Å². The summed E-state index contributed by atoms with van der Waals surface area (Å²) >= 11 is 0. The highest BCUT2D eigenvalue weighted by atomic mass is 15.3. The van der Waals surface area contributed by atoms with Crippen molar-refractivity contribution >= 4 is 0 Å². The Labute approximate surface area is 121 Å². The monoisotopic (exact) mass is 274 g/mol. The number of rotatable bonds is 6. The van der Waals surface area contributed by atoms with Crippen LogP contribution in [0.5, 0.6) is 0 Å². The normalized spacial score (nSPS) is 26.6. The Hall–Kier alpha value is -1.16. The fourth-order valence-corrected chi connectivity index (χ4v) is 3.29. The molecule has 0 aliphatic heterocycles. The zero-order valence-electron chi connectivity index (χ0n) is 12.7. The van der Waals surface area contributed by atoms with Crippen molar-refractivity contribution in [2.45, 2.75) is 52.0 Å². The molecule has 2 atom stereocenters. The molecule has 20 heavy (non-hydrogen) atoms. The highest BCUT2D eigenvalue weighted by Gasteiger charge is 2.28. The van der Waals surface area contributed by atoms with Crippen LogP contribution in [-0.4, -0.2) is 27.9 Å². The van der Waals surface area contributed by atoms with Crippen LogP contribution in [0.1, 0.15) is 51.3 Å². The quantitative estimate of drug-likeness (QED) is 0.640. The minimum atomic E-state index is 0.682. The summed E-state index contributed by atoms with van der Waals surface area (Å²) in [6.45, 7) is 7.77. The number of nitrogens with zero attached hydrogens (tertiary/aromatic N) is 3. The molecule has 1 saturated carbocycles. The predicted molar refractivity (Wildman–Crippen MR) is 80.5 cm³/mol. The standard InChI is InChI=1S/C16H26N4/c1-12-4-3-5-13(2)15(12)10-17-8-9-20-11-18-19-16(20)14-6-7-14/h4,11,13-15,17H,3,5-10H2,1-2H3/t13-,15-/m0/s1. The van der Waals surface area contributed by atoms with Crippen molar-refractivity contribution in [3.05, 3.63) is 23.8 Å². The largest absolute Gasteiger partial charge is 0.316 e. The highest BCUT2D eigenvalue weighted by Crippen LogP contribution is 2.38. The van der Waals surface area contributed by atoms with Crippen LogP contribution in [0.15, 0.2) is 18.0 Å². The average molecular weight is 274 g/mol. The molecular weight excluding hydrogens is 248 g/mol. The summed E-state index contributed by atoms with van der Waals surface area (Å²) in [5.74, 6) is 3.40. The van der Waals surface area contributed by atoms with Gasteiger partial charge in [0.25, 0.3) is 0 Å². The molecule has 0 radical (unpaired) electrons. The van der Waals surface area contributed by atoms with Gasteiger partial charge in [-0.3, -0.25) is 0 Å². The molecule has 0 amide bonds. The number of hydrogen-bond acceptors (Lipinski definition) is 3. The molecule has 0 spiro atoms. The second-order valence-corrected chi connectivity index (χ2v) is 6.47. The molecule has 1 N–H and O–H groups in total. The van der Waals surface area contributed by atoms with Crippen LogP contribution in [0.25, 0.3) is 0 Å². The second kappa shape index (κ2) is 6.08. The summed E-state index contributed by atoms with van der Waals surface area (Å²) in [6.07, 6.45) is 9.46. The Morgan fingerprint density at radius 3 is 2.95 bits per heavy atom. The van der Waals surface area contributed by atoms with Gasteiger partial charge in [0.15, 0.2) is 0 Å². The van der Waals surface area contributed by atoms with Gasteiger partial charge in [0.05, 0.1) is 0 Å². The molecule has 1 fully saturated rings. The predicted octanol–water partition coefficient (Wildman–Crippen LogP) is 2.74. The van der Waals surface area contributed by atoms with Gasteiger partial charge < -0.3 is 9.88 Å². The summed E-state index contributed by atoms with van der Waals surface area (Å²) < 4.78 is 2.22. The van der Waals surface area contributed by atoms with E-state index in [0.717, 1.165) is 25.6 Å². The van der Waals surface area contributed by atoms with Crippen molar-refractivity contribution in [1.29, 1.82) is 0 Å². The molecule has 0 unspecified atom stereocenters. The van der Waals surface area contributed by atoms with Crippen LogP contribution in [0.4, 0.5) is 0 Å². The van der Waals surface area contributed by atoms with Gasteiger partial charge in [-0.25, -0.2) is 0 Å². The van der Waals surface area contributed by atoms with Gasteiger partial charge in [-0.1, -0.05) is 18.6 Å². The molecule has 1 aromatic heterocycles. The molecule has 4 heteroatoms. The highest BCUT2D eigenvalue weighted by molar-refractivity contribution is 5.09. The Balaban J connectivity index is 1.44. The van der Waals surface area contributed by atoms with Gasteiger partial charge >= 0.3 is 0 Å². The van der Waals surface area contributed by atoms with Crippen LogP contribution in [-0.2, 0) is 6.54 Å². The first-order valence-electron chi connectivity index (χ1n) is 8.00. The van der Waals surface area contributed by atoms with Crippen molar-refractivity contribution < 1.29 is 0 Å². The van der Waals surface area contributed by atoms with Crippen LogP contribution in [0, 0.1) is 11.8 Å². The number of nitrogens with one attached hydrogen (secondary N) is 1. The fraction of sp³-hybridized carbons (Fsp3) is 0.750. The lowest BCUT2D eigenvalue weighted by Gasteiger charge is -2.29. The van der Waals surface area contributed by atoms with Crippen molar-refractivity contribution in [2.75, 3.05) is 13.1 Å². The van der Waals surface area contributed by atoms with Crippen LogP contribution < -0.4 is 5.32 Å². The van der Waals surface area contributed by atoms with E-state index in [1.54, 1.807) is 5.57 Å². The van der Waals surface area contributed by atoms with Crippen LogP contribution in [0.3, 0.4) is 0 Å². The molecule has 4 nitrogen and oxygen atoms in total. The molecule has 0 aromatic carbocycles. The SMILES string of the molecule is CC1=CCC[C@H](C)[C@H]1CNCCn1cnnc1C1CC1. The summed E-state index contributed by atoms with van der Waals surface area (Å²) in [6, 6.07) is 0. The number of allylic oxidation sites excluding steroid dienone is 1. The fourth-order valence-electron chi connectivity index (χ4n) is 3.29. The summed E-state index contributed by atoms with van der Waals surface area (Å²) in [5, 5.41) is 11.9. The Morgan fingerprint density at radius 2 is 2.20 bits per heavy atom. The van der Waals surface area contributed by atoms with Crippen molar-refractivity contribution in [3.63, 3.8) is 0 Å². The first-order valence-corrected chi connectivity index (χ1v) is 8.00. The molecule has 0 bridgehead atoms. The van der Waals surface area contributed by atoms with Gasteiger partial charge in [0.1, 0.15) is 12.2 Å². The van der Waals surface area contributed by atoms with Gasteiger partial charge in [-0.2, -0.15) is 0 Å². The van der Waals surface area contributed by atoms with Crippen LogP contribution in [0.2, 0.25) is 0 Å². The molecule has 1 aromatic rings. The summed E-state index contributed by atoms with van der Waals surface area (Å²) in [7, 11) is 0. The third kappa shape index (κ3) is 3.11. The van der Waals surface area contributed by atoms with E-state index in [4.69, 9.17) is 0 Å². The molecule has 1 heterocycles. The Kier molecular flexibility index (Phi) is 4.20. The van der Waals surface area contributed by atoms with E-state index in [2.05, 4.69) is 40.0 Å². The second-order valence-electron chi connectivity index (χ2n) is 6.47. The molecule has 2 aliphatic carbocycles. The van der Waals surface area contributed by atoms with E-state index in [1.165, 1.54) is 31.5 Å². The average Bonchev–Trinajstić information content (AvgIpc) is 3.17. The summed E-state index contributed by atoms with van der Waals surface area (Å²) in [5.41, 5.74) is 1.57. The first-order chi connectivity index (χ1) is 9.75. The van der Waals surface area contributed by atoms with Gasteiger partial charge in [-0.05, 0) is 44.4 Å². The first kappa shape index (κ1) is 13.8. The van der Waals surface area contributed by atoms with E-state index < -0.39 is 0 Å².